The second kappa shape index (κ2) is 24.0. The first-order valence-corrected chi connectivity index (χ1v) is 34.1. The normalized spacial score (nSPS) is 30.0. The van der Waals surface area contributed by atoms with Crippen molar-refractivity contribution in [1.29, 1.82) is 0 Å². The Hall–Kier alpha value is -4.75. The topological polar surface area (TPSA) is 194 Å². The van der Waals surface area contributed by atoms with E-state index in [0.717, 1.165) is 97.9 Å². The fourth-order valence-electron chi connectivity index (χ4n) is 15.7. The van der Waals surface area contributed by atoms with Crippen LogP contribution in [0.4, 0.5) is 0 Å². The molecule has 0 unspecified atom stereocenters. The number of aliphatic hydroxyl groups excluding tert-OH is 3. The molecular formula is C66H76N2O10S4. The van der Waals surface area contributed by atoms with Crippen molar-refractivity contribution in [2.75, 3.05) is 44.6 Å². The number of methoxy groups -OCH3 is 1. The molecule has 4 aliphatic heterocycles. The Morgan fingerprint density at radius 1 is 0.854 bits per heavy atom. The maximum Gasteiger partial charge on any atom is 0.166 e. The summed E-state index contributed by atoms with van der Waals surface area (Å²) in [5.74, 6) is -0.539. The molecule has 2 fully saturated rings. The van der Waals surface area contributed by atoms with Gasteiger partial charge in [-0.1, -0.05) is 105 Å². The molecule has 2 saturated carbocycles. The van der Waals surface area contributed by atoms with E-state index in [1.54, 1.807) is 74.6 Å². The van der Waals surface area contributed by atoms with Crippen molar-refractivity contribution in [3.63, 3.8) is 0 Å². The van der Waals surface area contributed by atoms with E-state index in [0.29, 0.717) is 67.4 Å². The second-order valence-corrected chi connectivity index (χ2v) is 28.8. The number of H-pyrrole nitrogens is 1. The molecule has 16 heteroatoms. The Labute approximate surface area is 496 Å². The zero-order valence-electron chi connectivity index (χ0n) is 47.1. The molecule has 5 aromatic carbocycles. The van der Waals surface area contributed by atoms with Crippen molar-refractivity contribution < 1.29 is 49.6 Å². The highest BCUT2D eigenvalue weighted by Crippen LogP contribution is 2.62. The number of ether oxygens (including phenoxy) is 3. The lowest BCUT2D eigenvalue weighted by molar-refractivity contribution is -0.150. The summed E-state index contributed by atoms with van der Waals surface area (Å²) in [6.45, 7) is 4.97. The lowest BCUT2D eigenvalue weighted by Gasteiger charge is -2.55. The quantitative estimate of drug-likeness (QED) is 0.0451. The highest BCUT2D eigenvalue weighted by molar-refractivity contribution is 8.77. The molecule has 1 aromatic heterocycles. The highest BCUT2D eigenvalue weighted by Gasteiger charge is 2.63. The molecule has 5 bridgehead atoms. The third kappa shape index (κ3) is 10.0. The number of hydrogen-bond acceptors (Lipinski definition) is 15. The minimum Gasteiger partial charge on any atom is -0.508 e. The van der Waals surface area contributed by atoms with Crippen LogP contribution in [0.2, 0.25) is 0 Å². The fourth-order valence-corrected chi connectivity index (χ4v) is 21.4. The Balaban J connectivity index is 1.07. The predicted molar refractivity (Wildman–Crippen MR) is 331 cm³/mol. The van der Waals surface area contributed by atoms with Crippen LogP contribution in [-0.2, 0) is 53.6 Å². The number of aryl methyl sites for hydroxylation is 1. The van der Waals surface area contributed by atoms with Gasteiger partial charge < -0.3 is 55.2 Å². The van der Waals surface area contributed by atoms with Gasteiger partial charge in [0.15, 0.2) is 28.8 Å². The molecule has 434 valence electrons. The average molecular weight is 1190 g/mol. The number of hydrogen-bond donors (Lipinski definition) is 8. The number of aliphatic hydroxyl groups is 3. The summed E-state index contributed by atoms with van der Waals surface area (Å²) in [5, 5.41) is 79.8. The molecule has 8 N–H and O–H groups in total. The number of Topliss-reactive ketones (excluding diaryl/α,β-unsaturated/α-hetero) is 1. The van der Waals surface area contributed by atoms with Crippen LogP contribution in [0.1, 0.15) is 106 Å². The minimum absolute atomic E-state index is 0.00285. The zero-order chi connectivity index (χ0) is 57.0. The van der Waals surface area contributed by atoms with E-state index in [1.807, 2.05) is 56.7 Å². The van der Waals surface area contributed by atoms with Gasteiger partial charge in [-0.2, -0.15) is 0 Å². The van der Waals surface area contributed by atoms with E-state index in [-0.39, 0.29) is 59.2 Å². The van der Waals surface area contributed by atoms with Crippen molar-refractivity contribution in [3.8, 4) is 28.7 Å². The van der Waals surface area contributed by atoms with Gasteiger partial charge in [0, 0.05) is 84.5 Å². The highest BCUT2D eigenvalue weighted by atomic mass is 33.1. The summed E-state index contributed by atoms with van der Waals surface area (Å²) in [6, 6.07) is 25.0. The van der Waals surface area contributed by atoms with Crippen molar-refractivity contribution in [3.05, 3.63) is 159 Å². The molecular weight excluding hydrogens is 1110 g/mol. The lowest BCUT2D eigenvalue weighted by atomic mass is 9.52. The molecule has 13 rings (SSSR count). The summed E-state index contributed by atoms with van der Waals surface area (Å²) in [4.78, 5) is 20.8. The fraction of sp³-hybridized carbons (Fsp3) is 0.470. The average Bonchev–Trinajstić information content (AvgIpc) is 4.01. The van der Waals surface area contributed by atoms with Crippen molar-refractivity contribution in [2.45, 2.75) is 119 Å². The first kappa shape index (κ1) is 57.7. The largest absolute Gasteiger partial charge is 0.508 e. The molecule has 1 spiro atoms. The molecule has 5 heterocycles. The van der Waals surface area contributed by atoms with Gasteiger partial charge in [-0.25, -0.2) is 0 Å². The number of rotatable bonds is 11. The van der Waals surface area contributed by atoms with Gasteiger partial charge in [0.25, 0.3) is 0 Å². The van der Waals surface area contributed by atoms with Gasteiger partial charge >= 0.3 is 0 Å². The van der Waals surface area contributed by atoms with Crippen molar-refractivity contribution >= 4 is 59.7 Å². The Bertz CT molecular complexity index is 3370. The van der Waals surface area contributed by atoms with Crippen molar-refractivity contribution in [1.82, 2.24) is 10.3 Å². The molecule has 3 aliphatic carbocycles. The molecule has 0 saturated heterocycles. The van der Waals surface area contributed by atoms with Gasteiger partial charge in [-0.05, 0) is 168 Å². The monoisotopic (exact) mass is 1180 g/mol. The van der Waals surface area contributed by atoms with E-state index in [2.05, 4.69) is 47.6 Å². The van der Waals surface area contributed by atoms with Crippen LogP contribution in [0.5, 0.6) is 28.7 Å². The van der Waals surface area contributed by atoms with Gasteiger partial charge in [0.2, 0.25) is 0 Å². The summed E-state index contributed by atoms with van der Waals surface area (Å²) in [5.41, 5.74) is 7.27. The van der Waals surface area contributed by atoms with Crippen LogP contribution < -0.4 is 14.8 Å². The molecule has 0 radical (unpaired) electrons. The number of fused-ring (bicyclic) bond motifs is 7. The molecule has 6 aromatic rings. The molecule has 82 heavy (non-hydrogen) atoms. The van der Waals surface area contributed by atoms with E-state index >= 15 is 4.79 Å². The summed E-state index contributed by atoms with van der Waals surface area (Å²) in [6.07, 6.45) is 8.59. The van der Waals surface area contributed by atoms with Gasteiger partial charge in [0.1, 0.15) is 11.4 Å². The zero-order valence-corrected chi connectivity index (χ0v) is 50.3. The standard InChI is InChI=1S/C66H76N2O10S4/c1-5-38-10-11-39-8-7-9-49-57(32-69)82-81-33-43-24-58(73)66(46-21-37(30-67-3)22-47(70)25-46,53-35-80-79-34-44-14-12-41-29-65(44)45(27-56(41)77-6-2)26-52-48(53)15-17-55(72)63(52)78-65)64(75)60(43)61(74)42(20-36-18-19-68-31-36)23-40-13-16-54(71)62(76-4)51(40)28-50(38)59(39)49/h7-11,13,15-19,21-22,25,27,31,41-44,53,56-58,60-61,67-74H,5-6,12,14,20,23-24,26,28-30,32-35H2,1-4H3/t41-,42+,43-,44-,53-,56-,57-,58-,60+,61-,65+,66-/m0/s1. The molecule has 7 aliphatic rings. The summed E-state index contributed by atoms with van der Waals surface area (Å²) in [7, 11) is 9.97. The van der Waals surface area contributed by atoms with E-state index in [4.69, 9.17) is 14.2 Å². The predicted octanol–water partition coefficient (Wildman–Crippen LogP) is 11.5. The summed E-state index contributed by atoms with van der Waals surface area (Å²) < 4.78 is 20.0. The number of aromatic nitrogens is 1. The van der Waals surface area contributed by atoms with E-state index in [1.165, 1.54) is 0 Å². The van der Waals surface area contributed by atoms with Gasteiger partial charge in [-0.3, -0.25) is 4.79 Å². The van der Waals surface area contributed by atoms with Crippen LogP contribution in [0, 0.1) is 29.6 Å². The first-order chi connectivity index (χ1) is 39.8. The Morgan fingerprint density at radius 2 is 1.70 bits per heavy atom. The van der Waals surface area contributed by atoms with Crippen LogP contribution in [0.3, 0.4) is 0 Å². The third-order valence-electron chi connectivity index (χ3n) is 19.4. The van der Waals surface area contributed by atoms with Crippen LogP contribution in [0.15, 0.2) is 103 Å². The number of aromatic amines is 1. The van der Waals surface area contributed by atoms with Crippen LogP contribution >= 0.6 is 43.2 Å². The number of nitrogens with one attached hydrogen (secondary N) is 2. The number of phenolic OH excluding ortho intramolecular Hbond substituents is 3. The Kier molecular flexibility index (Phi) is 16.8. The number of carbonyl (C=O) groups excluding carboxylic acids is 1. The maximum atomic E-state index is 17.6. The lowest BCUT2D eigenvalue weighted by Crippen LogP contribution is -2.62. The number of ketones is 1. The number of aromatic hydroxyl groups is 3. The van der Waals surface area contributed by atoms with E-state index in [9.17, 15) is 30.6 Å². The summed E-state index contributed by atoms with van der Waals surface area (Å²) >= 11 is 0. The van der Waals surface area contributed by atoms with E-state index < -0.39 is 46.9 Å². The number of carbonyl (C=O) groups is 1. The van der Waals surface area contributed by atoms with Gasteiger partial charge in [-0.15, -0.1) is 0 Å². The molecule has 12 atom stereocenters. The van der Waals surface area contributed by atoms with Gasteiger partial charge in [0.05, 0.1) is 42.7 Å². The molecule has 12 nitrogen and oxygen atoms in total. The number of benzene rings is 5. The molecule has 0 amide bonds. The smallest absolute Gasteiger partial charge is 0.166 e. The maximum absolute atomic E-state index is 17.6. The Morgan fingerprint density at radius 3 is 2.48 bits per heavy atom. The number of phenols is 3. The first-order valence-electron chi connectivity index (χ1n) is 29.3. The van der Waals surface area contributed by atoms with Crippen LogP contribution in [0.25, 0.3) is 10.8 Å². The van der Waals surface area contributed by atoms with Crippen LogP contribution in [-0.4, -0.2) is 110 Å². The minimum atomic E-state index is -1.76. The SMILES string of the molecule is CCO[C@H]1C=C2Cc3c4ccc(O)c3O[C@@]23C[C@@H]1CC[C@H]3CSSC[C@@H]4[C@]1(c2cc(O)cc(CNC)c2)C(=O)[C@@H]2[C@H](CSS[C@@H](CO)c3cccc4ccc(CC)c(c34)Cc3c(ccc(O)c3OC)C[C@@H](Cc3cc[nH]c3)[C@@H]2O)C[C@@H]1O. The third-order valence-corrected chi connectivity index (χ3v) is 24.8. The second-order valence-electron chi connectivity index (χ2n) is 23.7. The van der Waals surface area contributed by atoms with Crippen molar-refractivity contribution in [2.24, 2.45) is 29.6 Å².